The first kappa shape index (κ1) is 23.2. The largest absolute Gasteiger partial charge is 0.451 e. The molecule has 12 heteroatoms. The first-order valence-electron chi connectivity index (χ1n) is 10.9. The molecule has 1 aromatic carbocycles. The van der Waals surface area contributed by atoms with E-state index in [0.717, 1.165) is 15.6 Å². The van der Waals surface area contributed by atoms with Crippen molar-refractivity contribution >= 4 is 45.7 Å². The maximum Gasteiger partial charge on any atom is 0.451 e. The summed E-state index contributed by atoms with van der Waals surface area (Å²) in [4.78, 5) is 21.5. The molecule has 7 nitrogen and oxygen atoms in total. The topological polar surface area (TPSA) is 67.2 Å². The molecule has 4 heterocycles. The highest BCUT2D eigenvalue weighted by atomic mass is 35.5. The zero-order chi connectivity index (χ0) is 24.2. The highest BCUT2D eigenvalue weighted by molar-refractivity contribution is 6.45. The van der Waals surface area contributed by atoms with Gasteiger partial charge in [-0.15, -0.1) is 10.2 Å². The minimum absolute atomic E-state index is 0.0302. The Kier molecular flexibility index (Phi) is 5.84. The van der Waals surface area contributed by atoms with Crippen LogP contribution in [0.4, 0.5) is 18.9 Å². The minimum atomic E-state index is -4.56. The fourth-order valence-corrected chi connectivity index (χ4v) is 5.31. The fraction of sp³-hybridized carbons (Fsp3) is 0.455. The number of carbonyl (C=O) groups is 1. The van der Waals surface area contributed by atoms with Crippen molar-refractivity contribution in [2.24, 2.45) is 11.8 Å². The molecule has 0 N–H and O–H groups in total. The van der Waals surface area contributed by atoms with Gasteiger partial charge in [-0.3, -0.25) is 9.78 Å². The van der Waals surface area contributed by atoms with Crippen LogP contribution in [0.2, 0.25) is 10.0 Å². The Morgan fingerprint density at radius 2 is 1.91 bits per heavy atom. The summed E-state index contributed by atoms with van der Waals surface area (Å²) in [6.45, 7) is 3.59. The molecule has 1 fully saturated rings. The van der Waals surface area contributed by atoms with E-state index in [9.17, 15) is 18.0 Å². The number of nitrogens with zero attached hydrogens (tertiary/aromatic N) is 6. The highest BCUT2D eigenvalue weighted by Crippen LogP contribution is 2.37. The Bertz CT molecular complexity index is 1260. The van der Waals surface area contributed by atoms with Gasteiger partial charge in [0.2, 0.25) is 11.7 Å². The van der Waals surface area contributed by atoms with Crippen molar-refractivity contribution < 1.29 is 18.0 Å². The summed E-state index contributed by atoms with van der Waals surface area (Å²) in [7, 11) is 0. The van der Waals surface area contributed by atoms with Gasteiger partial charge < -0.3 is 14.4 Å². The monoisotopic (exact) mass is 512 g/mol. The summed E-state index contributed by atoms with van der Waals surface area (Å²) >= 11 is 12.5. The number of rotatable bonds is 2. The number of halogens is 5. The maximum atomic E-state index is 13.3. The molecule has 0 bridgehead atoms. The number of benzene rings is 1. The summed E-state index contributed by atoms with van der Waals surface area (Å²) in [5.74, 6) is -1.08. The maximum absolute atomic E-state index is 13.3. The van der Waals surface area contributed by atoms with Crippen LogP contribution in [0.5, 0.6) is 0 Å². The normalized spacial score (nSPS) is 21.1. The molecule has 0 unspecified atom stereocenters. The zero-order valence-corrected chi connectivity index (χ0v) is 19.7. The minimum Gasteiger partial charge on any atom is -0.371 e. The molecule has 5 rings (SSSR count). The lowest BCUT2D eigenvalue weighted by Gasteiger charge is -2.40. The van der Waals surface area contributed by atoms with Crippen molar-refractivity contribution in [3.05, 3.63) is 46.1 Å². The van der Waals surface area contributed by atoms with Crippen LogP contribution >= 0.6 is 23.2 Å². The van der Waals surface area contributed by atoms with Gasteiger partial charge in [0, 0.05) is 49.4 Å². The van der Waals surface area contributed by atoms with Crippen LogP contribution in [0, 0.1) is 11.8 Å². The third-order valence-corrected chi connectivity index (χ3v) is 7.46. The fourth-order valence-electron chi connectivity index (χ4n) is 4.94. The average molecular weight is 513 g/mol. The number of hydrogen-bond donors (Lipinski definition) is 0. The number of amides is 1. The molecule has 2 aliphatic rings. The van der Waals surface area contributed by atoms with E-state index in [2.05, 4.69) is 20.1 Å². The van der Waals surface area contributed by atoms with Crippen LogP contribution < -0.4 is 4.90 Å². The van der Waals surface area contributed by atoms with E-state index >= 15 is 0 Å². The second kappa shape index (κ2) is 8.57. The van der Waals surface area contributed by atoms with Crippen molar-refractivity contribution in [1.29, 1.82) is 0 Å². The number of alkyl halides is 3. The van der Waals surface area contributed by atoms with Crippen LogP contribution in [0.25, 0.3) is 10.9 Å². The van der Waals surface area contributed by atoms with E-state index in [1.54, 1.807) is 17.2 Å². The molecular formula is C22H21Cl2F3N6O. The van der Waals surface area contributed by atoms with Gasteiger partial charge in [0.1, 0.15) is 0 Å². The van der Waals surface area contributed by atoms with Crippen LogP contribution in [0.3, 0.4) is 0 Å². The van der Waals surface area contributed by atoms with Gasteiger partial charge >= 0.3 is 6.18 Å². The van der Waals surface area contributed by atoms with Gasteiger partial charge in [0.15, 0.2) is 5.82 Å². The summed E-state index contributed by atoms with van der Waals surface area (Å²) in [6.07, 6.45) is -2.24. The summed E-state index contributed by atoms with van der Waals surface area (Å²) in [5.41, 5.74) is 1.61. The predicted octanol–water partition coefficient (Wildman–Crippen LogP) is 4.66. The van der Waals surface area contributed by atoms with Crippen molar-refractivity contribution in [1.82, 2.24) is 24.6 Å². The number of carbonyl (C=O) groups excluding carboxylic acids is 1. The number of fused-ring (bicyclic) bond motifs is 2. The van der Waals surface area contributed by atoms with Crippen molar-refractivity contribution in [3.63, 3.8) is 0 Å². The molecule has 0 spiro atoms. The van der Waals surface area contributed by atoms with Crippen molar-refractivity contribution in [2.45, 2.75) is 32.6 Å². The van der Waals surface area contributed by atoms with E-state index < -0.39 is 12.0 Å². The molecule has 0 saturated carbocycles. The Balaban J connectivity index is 1.31. The molecule has 180 valence electrons. The summed E-state index contributed by atoms with van der Waals surface area (Å²) in [5, 5.41) is 8.71. The smallest absolute Gasteiger partial charge is 0.371 e. The molecule has 34 heavy (non-hydrogen) atoms. The first-order valence-corrected chi connectivity index (χ1v) is 11.7. The number of pyridine rings is 1. The van der Waals surface area contributed by atoms with Gasteiger partial charge in [-0.2, -0.15) is 13.2 Å². The van der Waals surface area contributed by atoms with Gasteiger partial charge in [-0.25, -0.2) is 0 Å². The number of anilines is 1. The molecule has 2 aliphatic heterocycles. The summed E-state index contributed by atoms with van der Waals surface area (Å²) in [6, 6.07) is 5.57. The van der Waals surface area contributed by atoms with E-state index in [1.807, 2.05) is 19.1 Å². The second-order valence-corrected chi connectivity index (χ2v) is 9.54. The second-order valence-electron chi connectivity index (χ2n) is 8.76. The lowest BCUT2D eigenvalue weighted by molar-refractivity contribution is -0.148. The number of piperidine rings is 1. The van der Waals surface area contributed by atoms with Gasteiger partial charge in [0.05, 0.1) is 22.1 Å². The van der Waals surface area contributed by atoms with E-state index in [4.69, 9.17) is 23.2 Å². The quantitative estimate of drug-likeness (QED) is 0.499. The highest BCUT2D eigenvalue weighted by Gasteiger charge is 2.41. The van der Waals surface area contributed by atoms with Gasteiger partial charge in [0.25, 0.3) is 0 Å². The first-order chi connectivity index (χ1) is 16.1. The zero-order valence-electron chi connectivity index (χ0n) is 18.2. The van der Waals surface area contributed by atoms with Crippen molar-refractivity contribution in [3.8, 4) is 0 Å². The lowest BCUT2D eigenvalue weighted by atomic mass is 9.85. The van der Waals surface area contributed by atoms with Crippen LogP contribution in [0.15, 0.2) is 24.4 Å². The standard InChI is InChI=1S/C22H21Cl2F3N6O/c1-12-10-31(16-4-6-28-19-14(16)2-3-15(23)18(19)24)7-5-13(12)20(34)32-8-9-33-17(11-32)29-30-21(33)22(25,26)27/h2-4,6,12-13H,5,7-11H2,1H3/t12-,13+/m1/s1. The Hall–Kier alpha value is -2.59. The van der Waals surface area contributed by atoms with Crippen LogP contribution in [0.1, 0.15) is 25.0 Å². The van der Waals surface area contributed by atoms with Gasteiger partial charge in [-0.05, 0) is 30.5 Å². The molecule has 1 saturated heterocycles. The van der Waals surface area contributed by atoms with Crippen LogP contribution in [-0.2, 0) is 24.1 Å². The number of hydrogen-bond acceptors (Lipinski definition) is 5. The summed E-state index contributed by atoms with van der Waals surface area (Å²) < 4.78 is 40.3. The van der Waals surface area contributed by atoms with Crippen molar-refractivity contribution in [2.75, 3.05) is 24.5 Å². The van der Waals surface area contributed by atoms with E-state index in [1.165, 1.54) is 0 Å². The Morgan fingerprint density at radius 1 is 1.12 bits per heavy atom. The molecule has 0 radical (unpaired) electrons. The predicted molar refractivity (Wildman–Crippen MR) is 122 cm³/mol. The molecule has 1 amide bonds. The molecule has 2 aromatic heterocycles. The SMILES string of the molecule is C[C@@H]1CN(c2ccnc3c(Cl)c(Cl)ccc23)CC[C@@H]1C(=O)N1CCn2c(nnc2C(F)(F)F)C1. The third kappa shape index (κ3) is 3.96. The molecule has 2 atom stereocenters. The molecule has 3 aromatic rings. The lowest BCUT2D eigenvalue weighted by Crippen LogP contribution is -2.49. The Morgan fingerprint density at radius 3 is 2.65 bits per heavy atom. The van der Waals surface area contributed by atoms with Crippen LogP contribution in [-0.4, -0.2) is 50.2 Å². The molecular weight excluding hydrogens is 492 g/mol. The third-order valence-electron chi connectivity index (χ3n) is 6.66. The Labute approximate surface area is 203 Å². The number of aromatic nitrogens is 4. The van der Waals surface area contributed by atoms with E-state index in [-0.39, 0.29) is 43.2 Å². The molecule has 0 aliphatic carbocycles. The van der Waals surface area contributed by atoms with E-state index in [0.29, 0.717) is 35.1 Å². The van der Waals surface area contributed by atoms with Gasteiger partial charge in [-0.1, -0.05) is 30.1 Å². The average Bonchev–Trinajstić information content (AvgIpc) is 3.24.